The van der Waals surface area contributed by atoms with Gasteiger partial charge in [-0.3, -0.25) is 4.79 Å². The first-order valence-corrected chi connectivity index (χ1v) is 8.37. The molecule has 1 heterocycles. The number of hydrogen-bond acceptors (Lipinski definition) is 5. The molecule has 0 aliphatic carbocycles. The summed E-state index contributed by atoms with van der Waals surface area (Å²) in [5.41, 5.74) is 1.13. The zero-order chi connectivity index (χ0) is 18.2. The van der Waals surface area contributed by atoms with Gasteiger partial charge in [0.15, 0.2) is 5.82 Å². The van der Waals surface area contributed by atoms with E-state index in [1.54, 1.807) is 36.2 Å². The Bertz CT molecular complexity index is 709. The molecule has 0 aliphatic heterocycles. The van der Waals surface area contributed by atoms with E-state index in [4.69, 9.17) is 9.63 Å². The van der Waals surface area contributed by atoms with Crippen LogP contribution in [0.5, 0.6) is 0 Å². The number of carbonyl (C=O) groups is 2. The summed E-state index contributed by atoms with van der Waals surface area (Å²) in [4.78, 5) is 28.9. The van der Waals surface area contributed by atoms with Crippen LogP contribution in [-0.4, -0.2) is 39.1 Å². The number of carboxylic acids is 1. The molecule has 0 saturated carbocycles. The van der Waals surface area contributed by atoms with Gasteiger partial charge in [-0.2, -0.15) is 4.98 Å². The number of carbonyl (C=O) groups excluding carboxylic acids is 1. The normalized spacial score (nSPS) is 10.6. The number of aromatic carboxylic acids is 1. The lowest BCUT2D eigenvalue weighted by Crippen LogP contribution is -2.26. The Labute approximate surface area is 146 Å². The summed E-state index contributed by atoms with van der Waals surface area (Å²) in [6.07, 6.45) is 3.40. The van der Waals surface area contributed by atoms with Crippen LogP contribution in [0.25, 0.3) is 0 Å². The molecule has 1 aromatic heterocycles. The van der Waals surface area contributed by atoms with Gasteiger partial charge in [0.05, 0.1) is 5.56 Å². The molecule has 0 saturated heterocycles. The van der Waals surface area contributed by atoms with Crippen molar-refractivity contribution >= 4 is 11.9 Å². The van der Waals surface area contributed by atoms with Crippen LogP contribution in [-0.2, 0) is 24.2 Å². The summed E-state index contributed by atoms with van der Waals surface area (Å²) in [5.74, 6) is 0.351. The van der Waals surface area contributed by atoms with Crippen molar-refractivity contribution in [1.82, 2.24) is 15.0 Å². The molecule has 0 spiro atoms. The lowest BCUT2D eigenvalue weighted by Gasteiger charge is -2.17. The number of aromatic nitrogens is 2. The largest absolute Gasteiger partial charge is 0.478 e. The number of benzene rings is 1. The van der Waals surface area contributed by atoms with E-state index < -0.39 is 5.97 Å². The Morgan fingerprint density at radius 2 is 1.92 bits per heavy atom. The maximum atomic E-state index is 12.2. The fourth-order valence-electron chi connectivity index (χ4n) is 2.41. The molecule has 0 fully saturated rings. The van der Waals surface area contributed by atoms with E-state index in [9.17, 15) is 9.59 Å². The molecule has 2 aromatic rings. The van der Waals surface area contributed by atoms with Crippen molar-refractivity contribution in [3.05, 3.63) is 47.1 Å². The molecule has 0 atom stereocenters. The number of rotatable bonds is 9. The van der Waals surface area contributed by atoms with Crippen molar-refractivity contribution < 1.29 is 19.2 Å². The Balaban J connectivity index is 1.76. The standard InChI is InChI=1S/C18H23N3O4/c1-3-5-15-19-16(25-20-15)6-4-7-17(22)21(2)12-13-8-10-14(11-9-13)18(23)24/h8-11H,3-7,12H2,1-2H3,(H,23,24). The Kier molecular flexibility index (Phi) is 6.68. The van der Waals surface area contributed by atoms with E-state index in [-0.39, 0.29) is 11.5 Å². The second-order valence-electron chi connectivity index (χ2n) is 5.96. The minimum atomic E-state index is -0.959. The molecule has 25 heavy (non-hydrogen) atoms. The Hall–Kier alpha value is -2.70. The monoisotopic (exact) mass is 345 g/mol. The lowest BCUT2D eigenvalue weighted by atomic mass is 10.1. The summed E-state index contributed by atoms with van der Waals surface area (Å²) in [7, 11) is 1.74. The molecule has 1 N–H and O–H groups in total. The van der Waals surface area contributed by atoms with E-state index in [0.717, 1.165) is 18.4 Å². The fraction of sp³-hybridized carbons (Fsp3) is 0.444. The van der Waals surface area contributed by atoms with E-state index >= 15 is 0 Å². The van der Waals surface area contributed by atoms with Crippen LogP contribution in [0.15, 0.2) is 28.8 Å². The van der Waals surface area contributed by atoms with Gasteiger partial charge >= 0.3 is 5.97 Å². The fourth-order valence-corrected chi connectivity index (χ4v) is 2.41. The van der Waals surface area contributed by atoms with E-state index in [2.05, 4.69) is 17.1 Å². The topological polar surface area (TPSA) is 96.5 Å². The average Bonchev–Trinajstić information content (AvgIpc) is 3.03. The molecular formula is C18H23N3O4. The highest BCUT2D eigenvalue weighted by Crippen LogP contribution is 2.10. The second kappa shape index (κ2) is 8.96. The van der Waals surface area contributed by atoms with Gasteiger partial charge in [0.1, 0.15) is 0 Å². The number of nitrogens with zero attached hydrogens (tertiary/aromatic N) is 3. The highest BCUT2D eigenvalue weighted by atomic mass is 16.5. The summed E-state index contributed by atoms with van der Waals surface area (Å²) in [5, 5.41) is 12.8. The highest BCUT2D eigenvalue weighted by Gasteiger charge is 2.12. The van der Waals surface area contributed by atoms with Crippen LogP contribution in [0.3, 0.4) is 0 Å². The van der Waals surface area contributed by atoms with Gasteiger partial charge in [-0.1, -0.05) is 24.2 Å². The third-order valence-electron chi connectivity index (χ3n) is 3.81. The molecule has 7 heteroatoms. The van der Waals surface area contributed by atoms with E-state index in [1.165, 1.54) is 0 Å². The first-order chi connectivity index (χ1) is 12.0. The molecule has 7 nitrogen and oxygen atoms in total. The average molecular weight is 345 g/mol. The van der Waals surface area contributed by atoms with E-state index in [1.807, 2.05) is 0 Å². The summed E-state index contributed by atoms with van der Waals surface area (Å²) >= 11 is 0. The molecule has 0 aliphatic rings. The van der Waals surface area contributed by atoms with Gasteiger partial charge in [0.25, 0.3) is 0 Å². The summed E-state index contributed by atoms with van der Waals surface area (Å²) in [6.45, 7) is 2.50. The minimum absolute atomic E-state index is 0.0237. The summed E-state index contributed by atoms with van der Waals surface area (Å²) < 4.78 is 5.15. The van der Waals surface area contributed by atoms with Crippen molar-refractivity contribution in [3.63, 3.8) is 0 Å². The van der Waals surface area contributed by atoms with Gasteiger partial charge in [-0.05, 0) is 30.5 Å². The predicted octanol–water partition coefficient (Wildman–Crippen LogP) is 2.70. The Morgan fingerprint density at radius 1 is 1.20 bits per heavy atom. The molecule has 134 valence electrons. The van der Waals surface area contributed by atoms with Crippen LogP contribution >= 0.6 is 0 Å². The van der Waals surface area contributed by atoms with Crippen molar-refractivity contribution in [3.8, 4) is 0 Å². The molecule has 0 radical (unpaired) electrons. The van der Waals surface area contributed by atoms with E-state index in [0.29, 0.717) is 37.5 Å². The minimum Gasteiger partial charge on any atom is -0.478 e. The SMILES string of the molecule is CCCc1noc(CCCC(=O)N(C)Cc2ccc(C(=O)O)cc2)n1. The van der Waals surface area contributed by atoms with Crippen LogP contribution in [0, 0.1) is 0 Å². The van der Waals surface area contributed by atoms with Gasteiger partial charge in [0.2, 0.25) is 11.8 Å². The van der Waals surface area contributed by atoms with Gasteiger partial charge in [-0.15, -0.1) is 0 Å². The molecule has 1 amide bonds. The van der Waals surface area contributed by atoms with Crippen molar-refractivity contribution in [1.29, 1.82) is 0 Å². The zero-order valence-corrected chi connectivity index (χ0v) is 14.6. The third kappa shape index (κ3) is 5.70. The molecule has 1 aromatic carbocycles. The highest BCUT2D eigenvalue weighted by molar-refractivity contribution is 5.87. The maximum absolute atomic E-state index is 12.2. The van der Waals surface area contributed by atoms with Crippen LogP contribution < -0.4 is 0 Å². The number of aryl methyl sites for hydroxylation is 2. The quantitative estimate of drug-likeness (QED) is 0.750. The molecular weight excluding hydrogens is 322 g/mol. The predicted molar refractivity (Wildman–Crippen MR) is 91.1 cm³/mol. The van der Waals surface area contributed by atoms with Crippen molar-refractivity contribution in [2.45, 2.75) is 45.6 Å². The molecule has 2 rings (SSSR count). The van der Waals surface area contributed by atoms with Crippen LogP contribution in [0.4, 0.5) is 0 Å². The number of amides is 1. The van der Waals surface area contributed by atoms with Gasteiger partial charge in [-0.25, -0.2) is 4.79 Å². The van der Waals surface area contributed by atoms with Gasteiger partial charge in [0, 0.05) is 32.9 Å². The third-order valence-corrected chi connectivity index (χ3v) is 3.81. The zero-order valence-electron chi connectivity index (χ0n) is 14.6. The molecule has 0 bridgehead atoms. The number of hydrogen-bond donors (Lipinski definition) is 1. The summed E-state index contributed by atoms with van der Waals surface area (Å²) in [6, 6.07) is 6.53. The van der Waals surface area contributed by atoms with Crippen LogP contribution in [0.2, 0.25) is 0 Å². The maximum Gasteiger partial charge on any atom is 0.335 e. The first kappa shape index (κ1) is 18.6. The van der Waals surface area contributed by atoms with Crippen molar-refractivity contribution in [2.75, 3.05) is 7.05 Å². The lowest BCUT2D eigenvalue weighted by molar-refractivity contribution is -0.130. The second-order valence-corrected chi connectivity index (χ2v) is 5.96. The first-order valence-electron chi connectivity index (χ1n) is 8.37. The molecule has 0 unspecified atom stereocenters. The van der Waals surface area contributed by atoms with Crippen molar-refractivity contribution in [2.24, 2.45) is 0 Å². The smallest absolute Gasteiger partial charge is 0.335 e. The van der Waals surface area contributed by atoms with Crippen LogP contribution in [0.1, 0.15) is 53.8 Å². The Morgan fingerprint density at radius 3 is 2.56 bits per heavy atom. The number of carboxylic acid groups (broad SMARTS) is 1. The van der Waals surface area contributed by atoms with Gasteiger partial charge < -0.3 is 14.5 Å².